The van der Waals surface area contributed by atoms with E-state index in [1.807, 2.05) is 6.07 Å². The van der Waals surface area contributed by atoms with Crippen molar-refractivity contribution in [3.8, 4) is 23.8 Å². The lowest BCUT2D eigenvalue weighted by atomic mass is 10.1. The Morgan fingerprint density at radius 2 is 1.93 bits per heavy atom. The number of nitrogens with one attached hydrogen (secondary N) is 1. The molecule has 28 heavy (non-hydrogen) atoms. The molecule has 2 aromatic rings. The number of hydrogen-bond donors (Lipinski definition) is 1. The van der Waals surface area contributed by atoms with E-state index >= 15 is 0 Å². The van der Waals surface area contributed by atoms with Crippen molar-refractivity contribution in [1.29, 1.82) is 0 Å². The molecular weight excluding hydrogens is 376 g/mol. The zero-order chi connectivity index (χ0) is 20.1. The fourth-order valence-corrected chi connectivity index (χ4v) is 2.93. The molecule has 0 unspecified atom stereocenters. The number of nitrogens with zero attached hydrogens (tertiary/aromatic N) is 1. The molecule has 0 spiro atoms. The monoisotopic (exact) mass is 392 g/mol. The van der Waals surface area contributed by atoms with E-state index in [0.29, 0.717) is 22.7 Å². The van der Waals surface area contributed by atoms with Crippen molar-refractivity contribution in [2.45, 2.75) is 0 Å². The number of terminal acetylenes is 1. The molecule has 1 aliphatic heterocycles. The summed E-state index contributed by atoms with van der Waals surface area (Å²) in [6.07, 6.45) is 6.68. The maximum Gasteiger partial charge on any atom is 0.270 e. The van der Waals surface area contributed by atoms with Crippen molar-refractivity contribution < 1.29 is 19.1 Å². The lowest BCUT2D eigenvalue weighted by Gasteiger charge is -2.28. The number of carbonyl (C=O) groups excluding carboxylic acids is 2. The van der Waals surface area contributed by atoms with Gasteiger partial charge in [-0.15, -0.1) is 6.42 Å². The van der Waals surface area contributed by atoms with E-state index in [4.69, 9.17) is 28.1 Å². The van der Waals surface area contributed by atoms with Crippen molar-refractivity contribution in [2.75, 3.05) is 18.6 Å². The van der Waals surface area contributed by atoms with Gasteiger partial charge in [0, 0.05) is 0 Å². The molecule has 1 N–H and O–H groups in total. The average Bonchev–Trinajstić information content (AvgIpc) is 2.70. The second-order valence-corrected chi connectivity index (χ2v) is 6.08. The van der Waals surface area contributed by atoms with Crippen LogP contribution in [0.15, 0.2) is 54.1 Å². The summed E-state index contributed by atoms with van der Waals surface area (Å²) in [6.45, 7) is 0.0984. The topological polar surface area (TPSA) is 67.9 Å². The summed E-state index contributed by atoms with van der Waals surface area (Å²) in [6, 6.07) is 13.9. The minimum absolute atomic E-state index is 0.0361. The standard InChI is InChI=1S/C21H16N2O4S/c1-3-11-27-17-10-9-14(13-18(17)26-2)12-16-19(24)22-21(28)23(20(16)25)15-7-5-4-6-8-15/h1,4-10,12-13H,11H2,2H3,(H,22,24,28)/b16-12-. The number of ether oxygens (including phenoxy) is 2. The molecule has 0 saturated carbocycles. The van der Waals surface area contributed by atoms with Crippen LogP contribution in [0.4, 0.5) is 5.69 Å². The Morgan fingerprint density at radius 1 is 1.18 bits per heavy atom. The molecule has 6 nitrogen and oxygen atoms in total. The van der Waals surface area contributed by atoms with Gasteiger partial charge in [0.15, 0.2) is 16.6 Å². The first-order valence-corrected chi connectivity index (χ1v) is 8.66. The molecule has 1 heterocycles. The van der Waals surface area contributed by atoms with Crippen LogP contribution in [-0.2, 0) is 9.59 Å². The second-order valence-electron chi connectivity index (χ2n) is 5.70. The van der Waals surface area contributed by atoms with E-state index in [-0.39, 0.29) is 17.3 Å². The number of carbonyl (C=O) groups is 2. The number of thiocarbonyl (C=S) groups is 1. The van der Waals surface area contributed by atoms with Crippen LogP contribution in [0.25, 0.3) is 6.08 Å². The zero-order valence-corrected chi connectivity index (χ0v) is 15.8. The first kappa shape index (κ1) is 19.1. The Labute approximate surface area is 167 Å². The number of amides is 2. The highest BCUT2D eigenvalue weighted by molar-refractivity contribution is 7.80. The molecule has 0 radical (unpaired) electrons. The van der Waals surface area contributed by atoms with Crippen LogP contribution in [0.3, 0.4) is 0 Å². The van der Waals surface area contributed by atoms with E-state index in [1.54, 1.807) is 42.5 Å². The Morgan fingerprint density at radius 3 is 2.61 bits per heavy atom. The molecule has 1 saturated heterocycles. The molecular formula is C21H16N2O4S. The average molecular weight is 392 g/mol. The minimum Gasteiger partial charge on any atom is -0.493 e. The van der Waals surface area contributed by atoms with Gasteiger partial charge in [-0.3, -0.25) is 19.8 Å². The number of hydrogen-bond acceptors (Lipinski definition) is 5. The molecule has 0 bridgehead atoms. The Kier molecular flexibility index (Phi) is 5.72. The third-order valence-electron chi connectivity index (χ3n) is 3.93. The van der Waals surface area contributed by atoms with Gasteiger partial charge in [0.25, 0.3) is 11.8 Å². The number of anilines is 1. The van der Waals surface area contributed by atoms with Gasteiger partial charge in [-0.25, -0.2) is 0 Å². The molecule has 1 fully saturated rings. The summed E-state index contributed by atoms with van der Waals surface area (Å²) in [5.41, 5.74) is 1.11. The van der Waals surface area contributed by atoms with Crippen LogP contribution >= 0.6 is 12.2 Å². The van der Waals surface area contributed by atoms with Crippen molar-refractivity contribution in [3.63, 3.8) is 0 Å². The van der Waals surface area contributed by atoms with Crippen LogP contribution < -0.4 is 19.7 Å². The van der Waals surface area contributed by atoms with Crippen LogP contribution in [0.1, 0.15) is 5.56 Å². The quantitative estimate of drug-likeness (QED) is 0.367. The predicted molar refractivity (Wildman–Crippen MR) is 110 cm³/mol. The molecule has 0 atom stereocenters. The summed E-state index contributed by atoms with van der Waals surface area (Å²) in [7, 11) is 1.49. The minimum atomic E-state index is -0.561. The molecule has 3 rings (SSSR count). The maximum atomic E-state index is 12.9. The Hall–Kier alpha value is -3.63. The fraction of sp³-hybridized carbons (Fsp3) is 0.0952. The number of para-hydroxylation sites is 1. The van der Waals surface area contributed by atoms with Gasteiger partial charge in [-0.05, 0) is 48.1 Å². The van der Waals surface area contributed by atoms with E-state index in [1.165, 1.54) is 18.1 Å². The normalized spacial score (nSPS) is 15.2. The van der Waals surface area contributed by atoms with Crippen molar-refractivity contribution in [2.24, 2.45) is 0 Å². The van der Waals surface area contributed by atoms with Crippen LogP contribution in [0.5, 0.6) is 11.5 Å². The first-order valence-electron chi connectivity index (χ1n) is 8.26. The molecule has 0 aliphatic carbocycles. The summed E-state index contributed by atoms with van der Waals surface area (Å²) < 4.78 is 10.7. The van der Waals surface area contributed by atoms with E-state index in [2.05, 4.69) is 11.2 Å². The third kappa shape index (κ3) is 3.87. The maximum absolute atomic E-state index is 12.9. The smallest absolute Gasteiger partial charge is 0.270 e. The highest BCUT2D eigenvalue weighted by Crippen LogP contribution is 2.29. The lowest BCUT2D eigenvalue weighted by Crippen LogP contribution is -2.54. The lowest BCUT2D eigenvalue weighted by molar-refractivity contribution is -0.122. The highest BCUT2D eigenvalue weighted by atomic mass is 32.1. The highest BCUT2D eigenvalue weighted by Gasteiger charge is 2.34. The van der Waals surface area contributed by atoms with E-state index in [0.717, 1.165) is 0 Å². The number of methoxy groups -OCH3 is 1. The van der Waals surface area contributed by atoms with Gasteiger partial charge in [0.1, 0.15) is 12.2 Å². The van der Waals surface area contributed by atoms with Gasteiger partial charge >= 0.3 is 0 Å². The first-order chi connectivity index (χ1) is 13.5. The van der Waals surface area contributed by atoms with E-state index in [9.17, 15) is 9.59 Å². The van der Waals surface area contributed by atoms with Gasteiger partial charge in [-0.1, -0.05) is 30.2 Å². The van der Waals surface area contributed by atoms with Crippen LogP contribution in [-0.4, -0.2) is 30.6 Å². The molecule has 0 aromatic heterocycles. The Balaban J connectivity index is 1.96. The Bertz CT molecular complexity index is 1010. The molecule has 7 heteroatoms. The summed E-state index contributed by atoms with van der Waals surface area (Å²) >= 11 is 5.17. The number of benzene rings is 2. The second kappa shape index (κ2) is 8.37. The summed E-state index contributed by atoms with van der Waals surface area (Å²) in [5, 5.41) is 2.58. The van der Waals surface area contributed by atoms with Crippen molar-refractivity contribution in [1.82, 2.24) is 5.32 Å². The van der Waals surface area contributed by atoms with Crippen LogP contribution in [0, 0.1) is 12.3 Å². The van der Waals surface area contributed by atoms with Gasteiger partial charge in [-0.2, -0.15) is 0 Å². The summed E-state index contributed by atoms with van der Waals surface area (Å²) in [5.74, 6) is 2.21. The fourth-order valence-electron chi connectivity index (χ4n) is 2.65. The van der Waals surface area contributed by atoms with Crippen molar-refractivity contribution in [3.05, 3.63) is 59.7 Å². The predicted octanol–water partition coefficient (Wildman–Crippen LogP) is 2.54. The van der Waals surface area contributed by atoms with Gasteiger partial charge in [0.05, 0.1) is 12.8 Å². The van der Waals surface area contributed by atoms with E-state index < -0.39 is 11.8 Å². The number of rotatable bonds is 5. The molecule has 1 aliphatic rings. The SMILES string of the molecule is C#CCOc1ccc(/C=C2/C(=O)NC(=S)N(c3ccccc3)C2=O)cc1OC. The molecule has 2 aromatic carbocycles. The third-order valence-corrected chi connectivity index (χ3v) is 4.21. The van der Waals surface area contributed by atoms with Gasteiger partial charge < -0.3 is 9.47 Å². The van der Waals surface area contributed by atoms with Crippen LogP contribution in [0.2, 0.25) is 0 Å². The summed E-state index contributed by atoms with van der Waals surface area (Å²) in [4.78, 5) is 26.6. The largest absolute Gasteiger partial charge is 0.493 e. The van der Waals surface area contributed by atoms with Gasteiger partial charge in [0.2, 0.25) is 0 Å². The molecule has 2 amide bonds. The molecule has 140 valence electrons. The van der Waals surface area contributed by atoms with Crippen molar-refractivity contribution >= 4 is 40.9 Å². The zero-order valence-electron chi connectivity index (χ0n) is 15.0.